The fourth-order valence-corrected chi connectivity index (χ4v) is 2.75. The molecular weight excluding hydrogens is 292 g/mol. The van der Waals surface area contributed by atoms with E-state index in [4.69, 9.17) is 5.11 Å². The van der Waals surface area contributed by atoms with E-state index in [0.717, 1.165) is 0 Å². The van der Waals surface area contributed by atoms with Gasteiger partial charge in [-0.15, -0.1) is 0 Å². The lowest BCUT2D eigenvalue weighted by atomic mass is 9.99. The predicted octanol–water partition coefficient (Wildman–Crippen LogP) is 1.06. The SMILES string of the molecule is CCCc1[nH]nc(C(=O)N2C[C@@H](C)[C@H](C(=O)O)C2)c1[N+](=O)[O-]. The molecule has 0 bridgehead atoms. The normalized spacial score (nSPS) is 21.1. The van der Waals surface area contributed by atoms with E-state index in [2.05, 4.69) is 10.2 Å². The zero-order chi connectivity index (χ0) is 16.4. The summed E-state index contributed by atoms with van der Waals surface area (Å²) in [4.78, 5) is 35.5. The van der Waals surface area contributed by atoms with E-state index in [1.54, 1.807) is 6.92 Å². The minimum Gasteiger partial charge on any atom is -0.481 e. The molecule has 0 saturated carbocycles. The highest BCUT2D eigenvalue weighted by molar-refractivity contribution is 5.97. The summed E-state index contributed by atoms with van der Waals surface area (Å²) >= 11 is 0. The van der Waals surface area contributed by atoms with Gasteiger partial charge >= 0.3 is 11.7 Å². The van der Waals surface area contributed by atoms with Crippen molar-refractivity contribution < 1.29 is 19.6 Å². The Morgan fingerprint density at radius 3 is 2.68 bits per heavy atom. The molecule has 0 spiro atoms. The number of aryl methyl sites for hydroxylation is 1. The van der Waals surface area contributed by atoms with E-state index < -0.39 is 22.7 Å². The number of rotatable bonds is 5. The number of likely N-dealkylation sites (tertiary alicyclic amines) is 1. The Hall–Kier alpha value is -2.45. The van der Waals surface area contributed by atoms with Crippen LogP contribution in [0.4, 0.5) is 5.69 Å². The number of nitrogens with zero attached hydrogens (tertiary/aromatic N) is 3. The number of aromatic amines is 1. The fourth-order valence-electron chi connectivity index (χ4n) is 2.75. The molecule has 2 heterocycles. The quantitative estimate of drug-likeness (QED) is 0.618. The second-order valence-corrected chi connectivity index (χ2v) is 5.54. The lowest BCUT2D eigenvalue weighted by Gasteiger charge is -2.13. The zero-order valence-corrected chi connectivity index (χ0v) is 12.4. The lowest BCUT2D eigenvalue weighted by Crippen LogP contribution is -2.30. The van der Waals surface area contributed by atoms with Crippen molar-refractivity contribution in [3.63, 3.8) is 0 Å². The monoisotopic (exact) mass is 310 g/mol. The van der Waals surface area contributed by atoms with Crippen LogP contribution >= 0.6 is 0 Å². The Kier molecular flexibility index (Phi) is 4.43. The topological polar surface area (TPSA) is 129 Å². The Bertz CT molecular complexity index is 612. The maximum Gasteiger partial charge on any atom is 0.322 e. The van der Waals surface area contributed by atoms with Crippen LogP contribution in [0, 0.1) is 22.0 Å². The van der Waals surface area contributed by atoms with Gasteiger partial charge in [-0.05, 0) is 12.3 Å². The first kappa shape index (κ1) is 15.9. The molecule has 0 unspecified atom stereocenters. The number of H-pyrrole nitrogens is 1. The second-order valence-electron chi connectivity index (χ2n) is 5.54. The number of nitrogens with one attached hydrogen (secondary N) is 1. The van der Waals surface area contributed by atoms with E-state index in [0.29, 0.717) is 18.5 Å². The molecule has 22 heavy (non-hydrogen) atoms. The summed E-state index contributed by atoms with van der Waals surface area (Å²) < 4.78 is 0. The van der Waals surface area contributed by atoms with Crippen LogP contribution in [0.25, 0.3) is 0 Å². The zero-order valence-electron chi connectivity index (χ0n) is 12.4. The Balaban J connectivity index is 2.27. The van der Waals surface area contributed by atoms with Crippen LogP contribution < -0.4 is 0 Å². The molecule has 1 aromatic rings. The highest BCUT2D eigenvalue weighted by atomic mass is 16.6. The third kappa shape index (κ3) is 2.78. The molecule has 0 radical (unpaired) electrons. The van der Waals surface area contributed by atoms with Gasteiger partial charge < -0.3 is 10.0 Å². The molecule has 0 aliphatic carbocycles. The molecule has 2 N–H and O–H groups in total. The average molecular weight is 310 g/mol. The van der Waals surface area contributed by atoms with Gasteiger partial charge in [-0.3, -0.25) is 24.8 Å². The molecule has 1 aliphatic rings. The molecule has 1 amide bonds. The van der Waals surface area contributed by atoms with Crippen LogP contribution in [-0.2, 0) is 11.2 Å². The number of hydrogen-bond acceptors (Lipinski definition) is 5. The molecule has 9 heteroatoms. The van der Waals surface area contributed by atoms with E-state index in [9.17, 15) is 19.7 Å². The molecule has 2 rings (SSSR count). The summed E-state index contributed by atoms with van der Waals surface area (Å²) in [5.74, 6) is -2.42. The molecular formula is C13H18N4O5. The highest BCUT2D eigenvalue weighted by Crippen LogP contribution is 2.28. The van der Waals surface area contributed by atoms with Crippen molar-refractivity contribution in [3.8, 4) is 0 Å². The Labute approximate surface area is 126 Å². The van der Waals surface area contributed by atoms with Crippen molar-refractivity contribution in [2.75, 3.05) is 13.1 Å². The number of aliphatic carboxylic acids is 1. The minimum absolute atomic E-state index is 0.0441. The summed E-state index contributed by atoms with van der Waals surface area (Å²) in [5.41, 5.74) is -0.233. The number of carbonyl (C=O) groups is 2. The number of aromatic nitrogens is 2. The van der Waals surface area contributed by atoms with Gasteiger partial charge in [0.15, 0.2) is 0 Å². The number of nitro groups is 1. The van der Waals surface area contributed by atoms with Crippen LogP contribution in [-0.4, -0.2) is 50.1 Å². The van der Waals surface area contributed by atoms with Gasteiger partial charge in [0.05, 0.1) is 10.8 Å². The van der Waals surface area contributed by atoms with Gasteiger partial charge in [-0.2, -0.15) is 5.10 Å². The molecule has 1 saturated heterocycles. The maximum atomic E-state index is 12.4. The third-order valence-corrected chi connectivity index (χ3v) is 3.91. The summed E-state index contributed by atoms with van der Waals surface area (Å²) in [6, 6.07) is 0. The van der Waals surface area contributed by atoms with Gasteiger partial charge in [-0.25, -0.2) is 0 Å². The first-order chi connectivity index (χ1) is 10.4. The average Bonchev–Trinajstić information content (AvgIpc) is 3.02. The van der Waals surface area contributed by atoms with Gasteiger partial charge in [0.25, 0.3) is 5.91 Å². The predicted molar refractivity (Wildman–Crippen MR) is 75.4 cm³/mol. The van der Waals surface area contributed by atoms with Crippen LogP contribution in [0.1, 0.15) is 36.5 Å². The molecule has 1 aliphatic heterocycles. The molecule has 2 atom stereocenters. The third-order valence-electron chi connectivity index (χ3n) is 3.91. The summed E-state index contributed by atoms with van der Waals surface area (Å²) in [7, 11) is 0. The van der Waals surface area contributed by atoms with Crippen LogP contribution in [0.2, 0.25) is 0 Å². The van der Waals surface area contributed by atoms with Gasteiger partial charge in [0.1, 0.15) is 5.69 Å². The second kappa shape index (κ2) is 6.12. The van der Waals surface area contributed by atoms with Gasteiger partial charge in [0.2, 0.25) is 5.69 Å². The Morgan fingerprint density at radius 1 is 1.50 bits per heavy atom. The highest BCUT2D eigenvalue weighted by Gasteiger charge is 2.40. The van der Waals surface area contributed by atoms with E-state index in [1.807, 2.05) is 6.92 Å². The van der Waals surface area contributed by atoms with Crippen LogP contribution in [0.15, 0.2) is 0 Å². The maximum absolute atomic E-state index is 12.4. The van der Waals surface area contributed by atoms with Crippen molar-refractivity contribution in [3.05, 3.63) is 21.5 Å². The summed E-state index contributed by atoms with van der Waals surface area (Å²) in [5, 5.41) is 26.7. The number of carboxylic acid groups (broad SMARTS) is 1. The first-order valence-corrected chi connectivity index (χ1v) is 7.10. The largest absolute Gasteiger partial charge is 0.481 e. The fraction of sp³-hybridized carbons (Fsp3) is 0.615. The van der Waals surface area contributed by atoms with Crippen molar-refractivity contribution in [1.29, 1.82) is 0 Å². The van der Waals surface area contributed by atoms with E-state index in [-0.39, 0.29) is 30.4 Å². The van der Waals surface area contributed by atoms with Crippen LogP contribution in [0.5, 0.6) is 0 Å². The molecule has 0 aromatic carbocycles. The van der Waals surface area contributed by atoms with Gasteiger partial charge in [0, 0.05) is 13.1 Å². The summed E-state index contributed by atoms with van der Waals surface area (Å²) in [6.07, 6.45) is 1.10. The van der Waals surface area contributed by atoms with Crippen molar-refractivity contribution in [2.24, 2.45) is 11.8 Å². The van der Waals surface area contributed by atoms with E-state index in [1.165, 1.54) is 4.90 Å². The standard InChI is InChI=1S/C13H18N4O5/c1-3-4-9-11(17(21)22)10(15-14-9)12(18)16-5-7(2)8(6-16)13(19)20/h7-8H,3-6H2,1-2H3,(H,14,15)(H,19,20)/t7-,8-/m1/s1. The first-order valence-electron chi connectivity index (χ1n) is 7.10. The number of carboxylic acids is 1. The molecule has 1 fully saturated rings. The molecule has 9 nitrogen and oxygen atoms in total. The molecule has 120 valence electrons. The minimum atomic E-state index is -0.967. The Morgan fingerprint density at radius 2 is 2.18 bits per heavy atom. The molecule has 1 aromatic heterocycles. The van der Waals surface area contributed by atoms with Crippen molar-refractivity contribution in [2.45, 2.75) is 26.7 Å². The van der Waals surface area contributed by atoms with Gasteiger partial charge in [-0.1, -0.05) is 20.3 Å². The smallest absolute Gasteiger partial charge is 0.322 e. The van der Waals surface area contributed by atoms with Crippen molar-refractivity contribution in [1.82, 2.24) is 15.1 Å². The number of carbonyl (C=O) groups excluding carboxylic acids is 1. The summed E-state index contributed by atoms with van der Waals surface area (Å²) in [6.45, 7) is 3.91. The van der Waals surface area contributed by atoms with Crippen LogP contribution in [0.3, 0.4) is 0 Å². The van der Waals surface area contributed by atoms with Crippen molar-refractivity contribution >= 4 is 17.6 Å². The number of hydrogen-bond donors (Lipinski definition) is 2. The number of amides is 1. The lowest BCUT2D eigenvalue weighted by molar-refractivity contribution is -0.385. The van der Waals surface area contributed by atoms with E-state index >= 15 is 0 Å².